The first kappa shape index (κ1) is 18.1. The minimum absolute atomic E-state index is 0.136. The van der Waals surface area contributed by atoms with Gasteiger partial charge in [0.15, 0.2) is 0 Å². The van der Waals surface area contributed by atoms with Crippen LogP contribution in [0.1, 0.15) is 5.69 Å². The molecule has 24 heavy (non-hydrogen) atoms. The average Bonchev–Trinajstić information content (AvgIpc) is 2.56. The van der Waals surface area contributed by atoms with Gasteiger partial charge in [-0.25, -0.2) is 4.39 Å². The van der Waals surface area contributed by atoms with Crippen molar-refractivity contribution in [3.63, 3.8) is 0 Å². The number of pyridine rings is 1. The Morgan fingerprint density at radius 1 is 1.29 bits per heavy atom. The van der Waals surface area contributed by atoms with E-state index in [0.29, 0.717) is 18.8 Å². The molecular weight excluding hydrogens is 331 g/mol. The van der Waals surface area contributed by atoms with Gasteiger partial charge in [0.2, 0.25) is 5.91 Å². The molecule has 0 saturated carbocycles. The number of halogens is 1. The minimum atomic E-state index is -0.302. The topological polar surface area (TPSA) is 60.3 Å². The van der Waals surface area contributed by atoms with Crippen molar-refractivity contribution in [2.45, 2.75) is 18.4 Å². The molecule has 2 aromatic rings. The van der Waals surface area contributed by atoms with Gasteiger partial charge in [-0.3, -0.25) is 9.59 Å². The second-order valence-corrected chi connectivity index (χ2v) is 6.17. The number of amides is 1. The summed E-state index contributed by atoms with van der Waals surface area (Å²) in [4.78, 5) is 24.6. The van der Waals surface area contributed by atoms with E-state index >= 15 is 0 Å². The van der Waals surface area contributed by atoms with Crippen molar-refractivity contribution >= 4 is 17.7 Å². The molecule has 1 amide bonds. The van der Waals surface area contributed by atoms with Crippen LogP contribution in [-0.2, 0) is 11.3 Å². The number of aromatic nitrogens is 1. The summed E-state index contributed by atoms with van der Waals surface area (Å²) >= 11 is 1.33. The lowest BCUT2D eigenvalue weighted by atomic mass is 10.3. The molecule has 0 atom stereocenters. The van der Waals surface area contributed by atoms with Gasteiger partial charge in [0, 0.05) is 29.7 Å². The van der Waals surface area contributed by atoms with E-state index in [-0.39, 0.29) is 23.0 Å². The number of benzene rings is 1. The number of carbonyl (C=O) groups excluding carboxylic acids is 1. The Bertz CT molecular complexity index is 759. The predicted octanol–water partition coefficient (Wildman–Crippen LogP) is 2.21. The highest BCUT2D eigenvalue weighted by molar-refractivity contribution is 8.00. The number of methoxy groups -OCH3 is 1. The van der Waals surface area contributed by atoms with Crippen LogP contribution in [0, 0.1) is 12.7 Å². The molecule has 0 fully saturated rings. The third-order valence-corrected chi connectivity index (χ3v) is 4.40. The molecular formula is C17H19FN2O3S. The van der Waals surface area contributed by atoms with Gasteiger partial charge in [-0.1, -0.05) is 0 Å². The van der Waals surface area contributed by atoms with E-state index in [4.69, 9.17) is 4.74 Å². The molecule has 0 radical (unpaired) electrons. The van der Waals surface area contributed by atoms with E-state index < -0.39 is 0 Å². The van der Waals surface area contributed by atoms with E-state index in [1.165, 1.54) is 37.1 Å². The molecule has 1 heterocycles. The van der Waals surface area contributed by atoms with Crippen molar-refractivity contribution in [3.8, 4) is 5.75 Å². The van der Waals surface area contributed by atoms with Crippen LogP contribution in [0.3, 0.4) is 0 Å². The predicted molar refractivity (Wildman–Crippen MR) is 92.1 cm³/mol. The first-order valence-corrected chi connectivity index (χ1v) is 8.38. The molecule has 0 aliphatic carbocycles. The number of aryl methyl sites for hydroxylation is 1. The first-order valence-electron chi connectivity index (χ1n) is 7.40. The Morgan fingerprint density at radius 3 is 2.62 bits per heavy atom. The zero-order chi connectivity index (χ0) is 17.5. The lowest BCUT2D eigenvalue weighted by Gasteiger charge is -2.12. The molecule has 128 valence electrons. The van der Waals surface area contributed by atoms with Gasteiger partial charge >= 0.3 is 0 Å². The number of rotatable bonds is 7. The zero-order valence-electron chi connectivity index (χ0n) is 13.5. The van der Waals surface area contributed by atoms with Crippen LogP contribution in [-0.4, -0.2) is 29.9 Å². The Labute approximate surface area is 143 Å². The van der Waals surface area contributed by atoms with E-state index in [1.54, 1.807) is 22.8 Å². The lowest BCUT2D eigenvalue weighted by Crippen LogP contribution is -2.32. The van der Waals surface area contributed by atoms with Crippen LogP contribution in [0.25, 0.3) is 0 Å². The quantitative estimate of drug-likeness (QED) is 0.778. The van der Waals surface area contributed by atoms with Crippen LogP contribution in [0.2, 0.25) is 0 Å². The highest BCUT2D eigenvalue weighted by Gasteiger charge is 2.06. The summed E-state index contributed by atoms with van der Waals surface area (Å²) in [6.45, 7) is 2.56. The van der Waals surface area contributed by atoms with Crippen molar-refractivity contribution in [3.05, 3.63) is 58.3 Å². The van der Waals surface area contributed by atoms with E-state index in [0.717, 1.165) is 10.6 Å². The molecule has 2 rings (SSSR count). The summed E-state index contributed by atoms with van der Waals surface area (Å²) in [5.41, 5.74) is 0.607. The molecule has 7 heteroatoms. The number of hydrogen-bond acceptors (Lipinski definition) is 4. The van der Waals surface area contributed by atoms with Crippen LogP contribution >= 0.6 is 11.8 Å². The fourth-order valence-corrected chi connectivity index (χ4v) is 2.87. The maximum absolute atomic E-state index is 12.8. The van der Waals surface area contributed by atoms with Gasteiger partial charge in [-0.05, 0) is 37.3 Å². The molecule has 5 nitrogen and oxygen atoms in total. The molecule has 0 unspecified atom stereocenters. The second-order valence-electron chi connectivity index (χ2n) is 5.12. The standard InChI is InChI=1S/C17H19FN2O3S/c1-12-9-14(23-2)10-17(22)20(12)8-7-19-16(21)11-24-15-5-3-13(18)4-6-15/h3-6,9-10H,7-8,11H2,1-2H3,(H,19,21). The summed E-state index contributed by atoms with van der Waals surface area (Å²) in [7, 11) is 1.51. The summed E-state index contributed by atoms with van der Waals surface area (Å²) in [5.74, 6) is 0.323. The van der Waals surface area contributed by atoms with Gasteiger partial charge in [-0.15, -0.1) is 11.8 Å². The van der Waals surface area contributed by atoms with Gasteiger partial charge in [0.1, 0.15) is 11.6 Å². The van der Waals surface area contributed by atoms with Crippen molar-refractivity contribution in [2.24, 2.45) is 0 Å². The molecule has 1 aromatic carbocycles. The highest BCUT2D eigenvalue weighted by atomic mass is 32.2. The van der Waals surface area contributed by atoms with Crippen LogP contribution in [0.15, 0.2) is 46.1 Å². The molecule has 0 bridgehead atoms. The van der Waals surface area contributed by atoms with Crippen LogP contribution in [0.5, 0.6) is 5.75 Å². The van der Waals surface area contributed by atoms with Crippen LogP contribution in [0.4, 0.5) is 4.39 Å². The number of ether oxygens (including phenoxy) is 1. The van der Waals surface area contributed by atoms with Gasteiger partial charge < -0.3 is 14.6 Å². The van der Waals surface area contributed by atoms with Crippen molar-refractivity contribution in [2.75, 3.05) is 19.4 Å². The molecule has 0 spiro atoms. The van der Waals surface area contributed by atoms with Gasteiger partial charge in [-0.2, -0.15) is 0 Å². The fraction of sp³-hybridized carbons (Fsp3) is 0.294. The Balaban J connectivity index is 1.80. The molecule has 0 saturated heterocycles. The number of carbonyl (C=O) groups is 1. The van der Waals surface area contributed by atoms with Crippen molar-refractivity contribution in [1.29, 1.82) is 0 Å². The maximum Gasteiger partial charge on any atom is 0.254 e. The number of hydrogen-bond donors (Lipinski definition) is 1. The normalized spacial score (nSPS) is 10.5. The van der Waals surface area contributed by atoms with Gasteiger partial charge in [0.25, 0.3) is 5.56 Å². The highest BCUT2D eigenvalue weighted by Crippen LogP contribution is 2.17. The summed E-state index contributed by atoms with van der Waals surface area (Å²) < 4.78 is 19.4. The SMILES string of the molecule is COc1cc(C)n(CCNC(=O)CSc2ccc(F)cc2)c(=O)c1. The smallest absolute Gasteiger partial charge is 0.254 e. The Kier molecular flexibility index (Phi) is 6.43. The molecule has 1 N–H and O–H groups in total. The summed E-state index contributed by atoms with van der Waals surface area (Å²) in [6.07, 6.45) is 0. The summed E-state index contributed by atoms with van der Waals surface area (Å²) in [6, 6.07) is 9.17. The third kappa shape index (κ3) is 5.13. The largest absolute Gasteiger partial charge is 0.496 e. The van der Waals surface area contributed by atoms with Crippen molar-refractivity contribution < 1.29 is 13.9 Å². The fourth-order valence-electron chi connectivity index (χ4n) is 2.14. The Morgan fingerprint density at radius 2 is 2.00 bits per heavy atom. The molecule has 0 aliphatic rings. The molecule has 0 aliphatic heterocycles. The van der Waals surface area contributed by atoms with E-state index in [9.17, 15) is 14.0 Å². The summed E-state index contributed by atoms with van der Waals surface area (Å²) in [5, 5.41) is 2.77. The third-order valence-electron chi connectivity index (χ3n) is 3.39. The monoisotopic (exact) mass is 350 g/mol. The molecule has 1 aromatic heterocycles. The average molecular weight is 350 g/mol. The van der Waals surface area contributed by atoms with E-state index in [1.807, 2.05) is 6.92 Å². The maximum atomic E-state index is 12.8. The number of nitrogens with zero attached hydrogens (tertiary/aromatic N) is 1. The second kappa shape index (κ2) is 8.54. The van der Waals surface area contributed by atoms with E-state index in [2.05, 4.69) is 5.32 Å². The number of thioether (sulfide) groups is 1. The first-order chi connectivity index (χ1) is 11.5. The minimum Gasteiger partial charge on any atom is -0.496 e. The number of nitrogens with one attached hydrogen (secondary N) is 1. The lowest BCUT2D eigenvalue weighted by molar-refractivity contribution is -0.118. The van der Waals surface area contributed by atoms with Crippen molar-refractivity contribution in [1.82, 2.24) is 9.88 Å². The van der Waals surface area contributed by atoms with Gasteiger partial charge in [0.05, 0.1) is 12.9 Å². The van der Waals surface area contributed by atoms with Crippen LogP contribution < -0.4 is 15.6 Å². The zero-order valence-corrected chi connectivity index (χ0v) is 14.4. The Hall–Kier alpha value is -2.28.